The van der Waals surface area contributed by atoms with Crippen molar-refractivity contribution in [1.29, 1.82) is 0 Å². The Morgan fingerprint density at radius 2 is 2.53 bits per heavy atom. The van der Waals surface area contributed by atoms with Crippen LogP contribution < -0.4 is 5.32 Å². The smallest absolute Gasteiger partial charge is 0.107 e. The van der Waals surface area contributed by atoms with E-state index in [1.807, 2.05) is 0 Å². The summed E-state index contributed by atoms with van der Waals surface area (Å²) in [6, 6.07) is 0. The van der Waals surface area contributed by atoms with Crippen molar-refractivity contribution in [3.63, 3.8) is 0 Å². The van der Waals surface area contributed by atoms with Crippen molar-refractivity contribution in [3.05, 3.63) is 15.6 Å². The van der Waals surface area contributed by atoms with Crippen molar-refractivity contribution in [2.24, 2.45) is 0 Å². The molecule has 0 aromatic carbocycles. The SMILES string of the molecule is COCCNCc1nc2c(s1)COCC2. The number of hydrogen-bond donors (Lipinski definition) is 1. The summed E-state index contributed by atoms with van der Waals surface area (Å²) >= 11 is 1.75. The normalized spacial score (nSPS) is 15.3. The van der Waals surface area contributed by atoms with Gasteiger partial charge in [-0.25, -0.2) is 4.98 Å². The average Bonchev–Trinajstić information content (AvgIpc) is 2.67. The average molecular weight is 228 g/mol. The maximum Gasteiger partial charge on any atom is 0.107 e. The molecule has 2 rings (SSSR count). The molecule has 0 atom stereocenters. The largest absolute Gasteiger partial charge is 0.383 e. The van der Waals surface area contributed by atoms with Gasteiger partial charge in [-0.05, 0) is 0 Å². The highest BCUT2D eigenvalue weighted by Crippen LogP contribution is 2.23. The van der Waals surface area contributed by atoms with E-state index in [9.17, 15) is 0 Å². The van der Waals surface area contributed by atoms with Gasteiger partial charge in [-0.15, -0.1) is 11.3 Å². The van der Waals surface area contributed by atoms with E-state index >= 15 is 0 Å². The van der Waals surface area contributed by atoms with Crippen LogP contribution in [0.3, 0.4) is 0 Å². The molecule has 0 saturated heterocycles. The third-order valence-corrected chi connectivity index (χ3v) is 3.37. The topological polar surface area (TPSA) is 43.4 Å². The summed E-state index contributed by atoms with van der Waals surface area (Å²) in [7, 11) is 1.71. The predicted molar refractivity (Wildman–Crippen MR) is 59.1 cm³/mol. The predicted octanol–water partition coefficient (Wildman–Crippen LogP) is 0.952. The Morgan fingerprint density at radius 3 is 3.33 bits per heavy atom. The molecular formula is C10H16N2O2S. The van der Waals surface area contributed by atoms with Crippen molar-refractivity contribution >= 4 is 11.3 Å². The molecule has 1 aromatic rings. The summed E-state index contributed by atoms with van der Waals surface area (Å²) < 4.78 is 10.3. The van der Waals surface area contributed by atoms with E-state index in [2.05, 4.69) is 10.3 Å². The zero-order chi connectivity index (χ0) is 10.5. The van der Waals surface area contributed by atoms with Gasteiger partial charge in [0.25, 0.3) is 0 Å². The van der Waals surface area contributed by atoms with Crippen LogP contribution in [0.5, 0.6) is 0 Å². The second-order valence-corrected chi connectivity index (χ2v) is 4.62. The minimum absolute atomic E-state index is 0.741. The van der Waals surface area contributed by atoms with E-state index in [0.29, 0.717) is 0 Å². The molecule has 5 heteroatoms. The summed E-state index contributed by atoms with van der Waals surface area (Å²) in [6.07, 6.45) is 0.962. The van der Waals surface area contributed by atoms with E-state index in [1.165, 1.54) is 10.6 Å². The quantitative estimate of drug-likeness (QED) is 0.762. The number of fused-ring (bicyclic) bond motifs is 1. The number of nitrogens with one attached hydrogen (secondary N) is 1. The van der Waals surface area contributed by atoms with Gasteiger partial charge in [0.15, 0.2) is 0 Å². The van der Waals surface area contributed by atoms with Crippen LogP contribution in [0.25, 0.3) is 0 Å². The molecule has 15 heavy (non-hydrogen) atoms. The molecule has 0 aliphatic carbocycles. The van der Waals surface area contributed by atoms with Crippen LogP contribution in [-0.2, 0) is 29.0 Å². The Bertz CT molecular complexity index is 291. The Morgan fingerprint density at radius 1 is 1.60 bits per heavy atom. The molecule has 84 valence electrons. The van der Waals surface area contributed by atoms with Crippen LogP contribution >= 0.6 is 11.3 Å². The van der Waals surface area contributed by atoms with E-state index in [1.54, 1.807) is 18.4 Å². The number of ether oxygens (including phenoxy) is 2. The summed E-state index contributed by atoms with van der Waals surface area (Å²) in [4.78, 5) is 5.88. The number of hydrogen-bond acceptors (Lipinski definition) is 5. The highest BCUT2D eigenvalue weighted by atomic mass is 32.1. The van der Waals surface area contributed by atoms with Crippen molar-refractivity contribution in [2.45, 2.75) is 19.6 Å². The van der Waals surface area contributed by atoms with Crippen molar-refractivity contribution in [1.82, 2.24) is 10.3 Å². The summed E-state index contributed by atoms with van der Waals surface area (Å²) in [5.41, 5.74) is 1.23. The van der Waals surface area contributed by atoms with Gasteiger partial charge in [-0.3, -0.25) is 0 Å². The molecule has 0 bridgehead atoms. The zero-order valence-electron chi connectivity index (χ0n) is 8.91. The van der Waals surface area contributed by atoms with E-state index in [-0.39, 0.29) is 0 Å². The minimum Gasteiger partial charge on any atom is -0.383 e. The fourth-order valence-corrected chi connectivity index (χ4v) is 2.55. The van der Waals surface area contributed by atoms with E-state index < -0.39 is 0 Å². The van der Waals surface area contributed by atoms with Crippen molar-refractivity contribution < 1.29 is 9.47 Å². The first-order chi connectivity index (χ1) is 7.40. The zero-order valence-corrected chi connectivity index (χ0v) is 9.73. The molecule has 1 N–H and O–H groups in total. The summed E-state index contributed by atoms with van der Waals surface area (Å²) in [5, 5.41) is 4.45. The van der Waals surface area contributed by atoms with Crippen LogP contribution in [-0.4, -0.2) is 31.9 Å². The molecule has 0 fully saturated rings. The van der Waals surface area contributed by atoms with Crippen LogP contribution in [0.1, 0.15) is 15.6 Å². The maximum atomic E-state index is 5.38. The Kier molecular flexibility index (Phi) is 4.08. The standard InChI is InChI=1S/C10H16N2O2S/c1-13-5-3-11-6-10-12-8-2-4-14-7-9(8)15-10/h11H,2-7H2,1H3. The second kappa shape index (κ2) is 5.55. The third kappa shape index (κ3) is 2.98. The second-order valence-electron chi connectivity index (χ2n) is 3.45. The lowest BCUT2D eigenvalue weighted by atomic mass is 10.2. The molecule has 0 unspecified atom stereocenters. The fourth-order valence-electron chi connectivity index (χ4n) is 1.52. The van der Waals surface area contributed by atoms with Gasteiger partial charge in [-0.1, -0.05) is 0 Å². The van der Waals surface area contributed by atoms with Gasteiger partial charge in [0.05, 0.1) is 30.4 Å². The maximum absolute atomic E-state index is 5.38. The highest BCUT2D eigenvalue weighted by molar-refractivity contribution is 7.11. The number of aromatic nitrogens is 1. The van der Waals surface area contributed by atoms with E-state index in [0.717, 1.165) is 44.3 Å². The first-order valence-electron chi connectivity index (χ1n) is 5.15. The van der Waals surface area contributed by atoms with Gasteiger partial charge in [0, 0.05) is 26.6 Å². The number of rotatable bonds is 5. The summed E-state index contributed by atoms with van der Waals surface area (Å²) in [5.74, 6) is 0. The van der Waals surface area contributed by atoms with Gasteiger partial charge >= 0.3 is 0 Å². The Balaban J connectivity index is 1.84. The lowest BCUT2D eigenvalue weighted by Crippen LogP contribution is -2.18. The van der Waals surface area contributed by atoms with Crippen molar-refractivity contribution in [3.8, 4) is 0 Å². The molecule has 0 radical (unpaired) electrons. The number of nitrogens with zero attached hydrogens (tertiary/aromatic N) is 1. The molecule has 2 heterocycles. The van der Waals surface area contributed by atoms with Crippen molar-refractivity contribution in [2.75, 3.05) is 26.9 Å². The van der Waals surface area contributed by atoms with Gasteiger partial charge in [-0.2, -0.15) is 0 Å². The van der Waals surface area contributed by atoms with Crippen LogP contribution in [0.4, 0.5) is 0 Å². The Labute approximate surface area is 93.6 Å². The fraction of sp³-hybridized carbons (Fsp3) is 0.700. The third-order valence-electron chi connectivity index (χ3n) is 2.30. The monoisotopic (exact) mass is 228 g/mol. The first kappa shape index (κ1) is 11.0. The van der Waals surface area contributed by atoms with Crippen LogP contribution in [0.2, 0.25) is 0 Å². The molecular weight excluding hydrogens is 212 g/mol. The molecule has 1 aliphatic heterocycles. The Hall–Kier alpha value is -0.490. The van der Waals surface area contributed by atoms with Gasteiger partial charge < -0.3 is 14.8 Å². The van der Waals surface area contributed by atoms with Crippen LogP contribution in [0.15, 0.2) is 0 Å². The molecule has 0 saturated carbocycles. The van der Waals surface area contributed by atoms with Gasteiger partial charge in [0.2, 0.25) is 0 Å². The molecule has 1 aliphatic rings. The van der Waals surface area contributed by atoms with Gasteiger partial charge in [0.1, 0.15) is 5.01 Å². The lowest BCUT2D eigenvalue weighted by molar-refractivity contribution is 0.112. The van der Waals surface area contributed by atoms with E-state index in [4.69, 9.17) is 9.47 Å². The number of thiazole rings is 1. The summed E-state index contributed by atoms with van der Waals surface area (Å²) in [6.45, 7) is 4.00. The highest BCUT2D eigenvalue weighted by Gasteiger charge is 2.14. The first-order valence-corrected chi connectivity index (χ1v) is 5.96. The minimum atomic E-state index is 0.741. The molecule has 0 amide bonds. The molecule has 1 aromatic heterocycles. The molecule has 0 spiro atoms. The molecule has 4 nitrogen and oxygen atoms in total. The number of methoxy groups -OCH3 is 1. The van der Waals surface area contributed by atoms with Crippen LogP contribution in [0, 0.1) is 0 Å². The lowest BCUT2D eigenvalue weighted by Gasteiger charge is -2.08.